The van der Waals surface area contributed by atoms with Gasteiger partial charge in [-0.2, -0.15) is 0 Å². The third kappa shape index (κ3) is 3.68. The summed E-state index contributed by atoms with van der Waals surface area (Å²) in [4.78, 5) is 14.0. The van der Waals surface area contributed by atoms with E-state index in [4.69, 9.17) is 5.73 Å². The standard InChI is InChI=1S/C16H17BrN2O/c1-19(11-12-6-5-9-14(17)10-12)16(20)15(18)13-7-3-2-4-8-13/h2-10,15H,11,18H2,1H3. The molecule has 0 aromatic heterocycles. The molecule has 2 aromatic rings. The second kappa shape index (κ2) is 6.68. The van der Waals surface area contributed by atoms with Crippen LogP contribution in [-0.2, 0) is 11.3 Å². The summed E-state index contributed by atoms with van der Waals surface area (Å²) in [5.74, 6) is -0.0869. The van der Waals surface area contributed by atoms with Gasteiger partial charge in [-0.3, -0.25) is 4.79 Å². The van der Waals surface area contributed by atoms with Crippen molar-refractivity contribution in [1.29, 1.82) is 0 Å². The molecule has 0 heterocycles. The minimum absolute atomic E-state index is 0.0869. The molecular formula is C16H17BrN2O. The van der Waals surface area contributed by atoms with E-state index >= 15 is 0 Å². The average molecular weight is 333 g/mol. The van der Waals surface area contributed by atoms with Crippen LogP contribution in [-0.4, -0.2) is 17.9 Å². The molecule has 0 saturated carbocycles. The molecule has 3 nitrogen and oxygen atoms in total. The largest absolute Gasteiger partial charge is 0.340 e. The number of halogens is 1. The van der Waals surface area contributed by atoms with Crippen molar-refractivity contribution in [2.75, 3.05) is 7.05 Å². The number of rotatable bonds is 4. The minimum Gasteiger partial charge on any atom is -0.340 e. The van der Waals surface area contributed by atoms with Crippen LogP contribution in [0.2, 0.25) is 0 Å². The fourth-order valence-electron chi connectivity index (χ4n) is 2.03. The topological polar surface area (TPSA) is 46.3 Å². The Kier molecular flexibility index (Phi) is 4.93. The molecule has 0 aliphatic heterocycles. The van der Waals surface area contributed by atoms with Gasteiger partial charge in [-0.25, -0.2) is 0 Å². The number of nitrogens with two attached hydrogens (primary N) is 1. The van der Waals surface area contributed by atoms with Gasteiger partial charge in [0.25, 0.3) is 0 Å². The third-order valence-corrected chi connectivity index (χ3v) is 3.60. The number of carbonyl (C=O) groups excluding carboxylic acids is 1. The molecule has 2 rings (SSSR count). The van der Waals surface area contributed by atoms with Gasteiger partial charge < -0.3 is 10.6 Å². The Balaban J connectivity index is 2.05. The molecular weight excluding hydrogens is 316 g/mol. The summed E-state index contributed by atoms with van der Waals surface area (Å²) in [6, 6.07) is 16.7. The highest BCUT2D eigenvalue weighted by atomic mass is 79.9. The van der Waals surface area contributed by atoms with Gasteiger partial charge in [0, 0.05) is 18.1 Å². The summed E-state index contributed by atoms with van der Waals surface area (Å²) in [5.41, 5.74) is 7.92. The molecule has 1 amide bonds. The highest BCUT2D eigenvalue weighted by molar-refractivity contribution is 9.10. The summed E-state index contributed by atoms with van der Waals surface area (Å²) in [6.07, 6.45) is 0. The summed E-state index contributed by atoms with van der Waals surface area (Å²) < 4.78 is 1.00. The molecule has 2 aromatic carbocycles. The maximum Gasteiger partial charge on any atom is 0.244 e. The van der Waals surface area contributed by atoms with Crippen LogP contribution < -0.4 is 5.73 Å². The van der Waals surface area contributed by atoms with E-state index in [0.29, 0.717) is 6.54 Å². The summed E-state index contributed by atoms with van der Waals surface area (Å²) in [7, 11) is 1.77. The minimum atomic E-state index is -0.617. The van der Waals surface area contributed by atoms with Gasteiger partial charge in [0.15, 0.2) is 0 Å². The first-order valence-electron chi connectivity index (χ1n) is 6.38. The lowest BCUT2D eigenvalue weighted by molar-refractivity contribution is -0.131. The molecule has 0 fully saturated rings. The van der Waals surface area contributed by atoms with E-state index in [1.807, 2.05) is 54.6 Å². The van der Waals surface area contributed by atoms with Gasteiger partial charge in [0.1, 0.15) is 6.04 Å². The second-order valence-electron chi connectivity index (χ2n) is 4.71. The fraction of sp³-hybridized carbons (Fsp3) is 0.188. The van der Waals surface area contributed by atoms with Crippen molar-refractivity contribution < 1.29 is 4.79 Å². The SMILES string of the molecule is CN(Cc1cccc(Br)c1)C(=O)C(N)c1ccccc1. The molecule has 4 heteroatoms. The lowest BCUT2D eigenvalue weighted by atomic mass is 10.1. The highest BCUT2D eigenvalue weighted by Crippen LogP contribution is 2.16. The van der Waals surface area contributed by atoms with Crippen LogP contribution in [0.15, 0.2) is 59.1 Å². The first kappa shape index (κ1) is 14.8. The van der Waals surface area contributed by atoms with Crippen molar-refractivity contribution >= 4 is 21.8 Å². The number of hydrogen-bond acceptors (Lipinski definition) is 2. The maximum atomic E-state index is 12.3. The number of hydrogen-bond donors (Lipinski definition) is 1. The van der Waals surface area contributed by atoms with Gasteiger partial charge in [-0.15, -0.1) is 0 Å². The zero-order chi connectivity index (χ0) is 14.5. The zero-order valence-corrected chi connectivity index (χ0v) is 12.9. The van der Waals surface area contributed by atoms with E-state index in [0.717, 1.165) is 15.6 Å². The quantitative estimate of drug-likeness (QED) is 0.935. The Morgan fingerprint density at radius 3 is 2.55 bits per heavy atom. The molecule has 0 saturated heterocycles. The zero-order valence-electron chi connectivity index (χ0n) is 11.3. The number of nitrogens with zero attached hydrogens (tertiary/aromatic N) is 1. The van der Waals surface area contributed by atoms with Crippen LogP contribution >= 0.6 is 15.9 Å². The second-order valence-corrected chi connectivity index (χ2v) is 5.63. The molecule has 0 spiro atoms. The van der Waals surface area contributed by atoms with E-state index in [2.05, 4.69) is 15.9 Å². The molecule has 0 aliphatic carbocycles. The Hall–Kier alpha value is -1.65. The van der Waals surface area contributed by atoms with Crippen LogP contribution in [0.5, 0.6) is 0 Å². The first-order chi connectivity index (χ1) is 9.58. The number of amides is 1. The number of likely N-dealkylation sites (N-methyl/N-ethyl adjacent to an activating group) is 1. The van der Waals surface area contributed by atoms with Crippen molar-refractivity contribution in [3.63, 3.8) is 0 Å². The van der Waals surface area contributed by atoms with Crippen LogP contribution in [0, 0.1) is 0 Å². The normalized spacial score (nSPS) is 11.9. The summed E-state index contributed by atoms with van der Waals surface area (Å²) in [5, 5.41) is 0. The van der Waals surface area contributed by atoms with E-state index in [1.165, 1.54) is 0 Å². The molecule has 0 radical (unpaired) electrons. The van der Waals surface area contributed by atoms with Crippen molar-refractivity contribution in [3.8, 4) is 0 Å². The predicted molar refractivity (Wildman–Crippen MR) is 84.0 cm³/mol. The molecule has 1 unspecified atom stereocenters. The van der Waals surface area contributed by atoms with Gasteiger partial charge in [0.2, 0.25) is 5.91 Å². The van der Waals surface area contributed by atoms with Crippen LogP contribution in [0.4, 0.5) is 0 Å². The Morgan fingerprint density at radius 2 is 1.90 bits per heavy atom. The Labute approximate surface area is 127 Å². The summed E-state index contributed by atoms with van der Waals surface area (Å²) >= 11 is 3.43. The monoisotopic (exact) mass is 332 g/mol. The van der Waals surface area contributed by atoms with E-state index in [1.54, 1.807) is 11.9 Å². The predicted octanol–water partition coefficient (Wildman–Crippen LogP) is 3.11. The number of carbonyl (C=O) groups is 1. The van der Waals surface area contributed by atoms with Crippen LogP contribution in [0.3, 0.4) is 0 Å². The highest BCUT2D eigenvalue weighted by Gasteiger charge is 2.19. The van der Waals surface area contributed by atoms with Gasteiger partial charge >= 0.3 is 0 Å². The van der Waals surface area contributed by atoms with Gasteiger partial charge in [-0.1, -0.05) is 58.4 Å². The van der Waals surface area contributed by atoms with Crippen LogP contribution in [0.25, 0.3) is 0 Å². The third-order valence-electron chi connectivity index (χ3n) is 3.11. The lowest BCUT2D eigenvalue weighted by Gasteiger charge is -2.21. The molecule has 1 atom stereocenters. The summed E-state index contributed by atoms with van der Waals surface area (Å²) in [6.45, 7) is 0.540. The maximum absolute atomic E-state index is 12.3. The van der Waals surface area contributed by atoms with Gasteiger partial charge in [-0.05, 0) is 23.3 Å². The molecule has 20 heavy (non-hydrogen) atoms. The van der Waals surface area contributed by atoms with E-state index in [-0.39, 0.29) is 5.91 Å². The molecule has 2 N–H and O–H groups in total. The molecule has 0 aliphatic rings. The van der Waals surface area contributed by atoms with Crippen LogP contribution in [0.1, 0.15) is 17.2 Å². The Morgan fingerprint density at radius 1 is 1.20 bits per heavy atom. The number of benzene rings is 2. The average Bonchev–Trinajstić information content (AvgIpc) is 2.46. The lowest BCUT2D eigenvalue weighted by Crippen LogP contribution is -2.35. The van der Waals surface area contributed by atoms with Crippen molar-refractivity contribution in [1.82, 2.24) is 4.90 Å². The van der Waals surface area contributed by atoms with Crippen molar-refractivity contribution in [3.05, 3.63) is 70.2 Å². The molecule has 104 valence electrons. The van der Waals surface area contributed by atoms with E-state index in [9.17, 15) is 4.79 Å². The van der Waals surface area contributed by atoms with Crippen molar-refractivity contribution in [2.24, 2.45) is 5.73 Å². The smallest absolute Gasteiger partial charge is 0.244 e. The van der Waals surface area contributed by atoms with E-state index < -0.39 is 6.04 Å². The first-order valence-corrected chi connectivity index (χ1v) is 7.17. The Bertz CT molecular complexity index is 586. The molecule has 0 bridgehead atoms. The van der Waals surface area contributed by atoms with Gasteiger partial charge in [0.05, 0.1) is 0 Å². The fourth-order valence-corrected chi connectivity index (χ4v) is 2.47. The van der Waals surface area contributed by atoms with Crippen molar-refractivity contribution in [2.45, 2.75) is 12.6 Å².